The molecule has 2 fully saturated rings. The first kappa shape index (κ1) is 13.7. The smallest absolute Gasteiger partial charge is 0.313 e. The van der Waals surface area contributed by atoms with Crippen molar-refractivity contribution in [2.75, 3.05) is 24.7 Å². The van der Waals surface area contributed by atoms with Crippen molar-refractivity contribution in [1.29, 1.82) is 0 Å². The molecule has 0 aromatic carbocycles. The van der Waals surface area contributed by atoms with Gasteiger partial charge >= 0.3 is 5.97 Å². The van der Waals surface area contributed by atoms with Gasteiger partial charge in [-0.2, -0.15) is 0 Å². The van der Waals surface area contributed by atoms with E-state index in [4.69, 9.17) is 9.84 Å². The molecule has 1 saturated heterocycles. The maximum atomic E-state index is 12.1. The van der Waals surface area contributed by atoms with E-state index >= 15 is 0 Å². The molecule has 2 atom stereocenters. The first-order valence-electron chi connectivity index (χ1n) is 6.39. The number of hydrogen-bond donors (Lipinski definition) is 1. The molecule has 102 valence electrons. The third-order valence-corrected chi connectivity index (χ3v) is 4.41. The van der Waals surface area contributed by atoms with Crippen LogP contribution in [0.5, 0.6) is 0 Å². The zero-order chi connectivity index (χ0) is 13.0. The van der Waals surface area contributed by atoms with Crippen molar-refractivity contribution < 1.29 is 19.4 Å². The number of carboxylic acids is 1. The van der Waals surface area contributed by atoms with E-state index in [9.17, 15) is 9.59 Å². The fraction of sp³-hybridized carbons (Fsp3) is 0.833. The number of morpholine rings is 1. The molecule has 2 rings (SSSR count). The molecule has 0 spiro atoms. The second-order valence-electron chi connectivity index (χ2n) is 4.73. The lowest BCUT2D eigenvalue weighted by Crippen LogP contribution is -2.55. The highest BCUT2D eigenvalue weighted by Gasteiger charge is 2.36. The van der Waals surface area contributed by atoms with Gasteiger partial charge in [-0.3, -0.25) is 9.59 Å². The molecule has 1 N–H and O–H groups in total. The molecule has 0 radical (unpaired) electrons. The largest absolute Gasteiger partial charge is 0.481 e. The summed E-state index contributed by atoms with van der Waals surface area (Å²) < 4.78 is 5.71. The maximum absolute atomic E-state index is 12.1. The molecule has 1 aliphatic carbocycles. The molecule has 2 aliphatic rings. The van der Waals surface area contributed by atoms with Gasteiger partial charge in [0.15, 0.2) is 0 Å². The Hall–Kier alpha value is -0.750. The van der Waals surface area contributed by atoms with Gasteiger partial charge in [-0.25, -0.2) is 0 Å². The summed E-state index contributed by atoms with van der Waals surface area (Å²) in [5.41, 5.74) is 0. The van der Waals surface area contributed by atoms with Crippen LogP contribution < -0.4 is 0 Å². The number of amides is 1. The second-order valence-corrected chi connectivity index (χ2v) is 5.72. The van der Waals surface area contributed by atoms with Crippen molar-refractivity contribution in [3.8, 4) is 0 Å². The number of hydrogen-bond acceptors (Lipinski definition) is 4. The van der Waals surface area contributed by atoms with Crippen LogP contribution in [0.15, 0.2) is 0 Å². The van der Waals surface area contributed by atoms with Crippen molar-refractivity contribution >= 4 is 23.6 Å². The van der Waals surface area contributed by atoms with Gasteiger partial charge in [0.25, 0.3) is 0 Å². The number of rotatable bonds is 4. The van der Waals surface area contributed by atoms with Crippen LogP contribution in [0.2, 0.25) is 0 Å². The van der Waals surface area contributed by atoms with Gasteiger partial charge in [0.2, 0.25) is 5.91 Å². The van der Waals surface area contributed by atoms with E-state index in [1.54, 1.807) is 0 Å². The lowest BCUT2D eigenvalue weighted by Gasteiger charge is -2.43. The summed E-state index contributed by atoms with van der Waals surface area (Å²) in [5, 5.41) is 8.56. The Morgan fingerprint density at radius 2 is 2.06 bits per heavy atom. The molecular weight excluding hydrogens is 254 g/mol. The van der Waals surface area contributed by atoms with Gasteiger partial charge < -0.3 is 14.7 Å². The maximum Gasteiger partial charge on any atom is 0.313 e. The van der Waals surface area contributed by atoms with Gasteiger partial charge in [0.05, 0.1) is 30.3 Å². The van der Waals surface area contributed by atoms with E-state index < -0.39 is 5.97 Å². The van der Waals surface area contributed by atoms with Crippen LogP contribution >= 0.6 is 11.8 Å². The summed E-state index contributed by atoms with van der Waals surface area (Å²) >= 11 is 1.17. The van der Waals surface area contributed by atoms with Crippen molar-refractivity contribution in [2.45, 2.75) is 37.8 Å². The number of ether oxygens (including phenoxy) is 1. The van der Waals surface area contributed by atoms with E-state index in [1.165, 1.54) is 18.2 Å². The van der Waals surface area contributed by atoms with Crippen LogP contribution in [0.1, 0.15) is 25.7 Å². The molecule has 18 heavy (non-hydrogen) atoms. The summed E-state index contributed by atoms with van der Waals surface area (Å²) in [5.74, 6) is -0.563. The lowest BCUT2D eigenvalue weighted by atomic mass is 9.90. The van der Waals surface area contributed by atoms with Crippen LogP contribution in [0.25, 0.3) is 0 Å². The molecule has 5 nitrogen and oxygen atoms in total. The van der Waals surface area contributed by atoms with Gasteiger partial charge in [-0.1, -0.05) is 12.8 Å². The standard InChI is InChI=1S/C12H19NO4S/c14-11(7-18-8-12(15)16)13-5-6-17-10-4-2-1-3-9(10)13/h9-10H,1-8H2,(H,15,16). The highest BCUT2D eigenvalue weighted by Crippen LogP contribution is 2.28. The predicted octanol–water partition coefficient (Wildman–Crippen LogP) is 0.974. The van der Waals surface area contributed by atoms with E-state index in [1.807, 2.05) is 4.90 Å². The van der Waals surface area contributed by atoms with E-state index in [2.05, 4.69) is 0 Å². The Labute approximate surface area is 111 Å². The molecule has 0 aromatic rings. The van der Waals surface area contributed by atoms with Crippen molar-refractivity contribution in [3.63, 3.8) is 0 Å². The summed E-state index contributed by atoms with van der Waals surface area (Å²) in [6.07, 6.45) is 4.57. The molecule has 6 heteroatoms. The summed E-state index contributed by atoms with van der Waals surface area (Å²) in [6, 6.07) is 0.213. The number of thioether (sulfide) groups is 1. The topological polar surface area (TPSA) is 66.8 Å². The quantitative estimate of drug-likeness (QED) is 0.827. The Bertz CT molecular complexity index is 321. The zero-order valence-corrected chi connectivity index (χ0v) is 11.2. The molecule has 1 amide bonds. The highest BCUT2D eigenvalue weighted by atomic mass is 32.2. The summed E-state index contributed by atoms with van der Waals surface area (Å²) in [6.45, 7) is 1.25. The number of carbonyl (C=O) groups excluding carboxylic acids is 1. The minimum absolute atomic E-state index is 0.00975. The van der Waals surface area contributed by atoms with Gasteiger partial charge in [0.1, 0.15) is 0 Å². The first-order chi connectivity index (χ1) is 8.68. The van der Waals surface area contributed by atoms with Gasteiger partial charge in [-0.15, -0.1) is 11.8 Å². The predicted molar refractivity (Wildman–Crippen MR) is 68.7 cm³/mol. The van der Waals surface area contributed by atoms with E-state index in [0.29, 0.717) is 13.2 Å². The SMILES string of the molecule is O=C(O)CSCC(=O)N1CCOC2CCCCC21. The zero-order valence-electron chi connectivity index (χ0n) is 10.3. The number of carboxylic acid groups (broad SMARTS) is 1. The molecule has 2 unspecified atom stereocenters. The number of nitrogens with zero attached hydrogens (tertiary/aromatic N) is 1. The van der Waals surface area contributed by atoms with Crippen LogP contribution in [-0.4, -0.2) is 58.7 Å². The normalized spacial score (nSPS) is 27.7. The molecule has 1 heterocycles. The molecule has 0 bridgehead atoms. The number of aliphatic carboxylic acids is 1. The third-order valence-electron chi connectivity index (χ3n) is 3.50. The van der Waals surface area contributed by atoms with Crippen LogP contribution in [-0.2, 0) is 14.3 Å². The monoisotopic (exact) mass is 273 g/mol. The first-order valence-corrected chi connectivity index (χ1v) is 7.54. The Balaban J connectivity index is 1.85. The second kappa shape index (κ2) is 6.43. The molecule has 1 aliphatic heterocycles. The van der Waals surface area contributed by atoms with Crippen LogP contribution in [0.3, 0.4) is 0 Å². The minimum atomic E-state index is -0.870. The average Bonchev–Trinajstić information content (AvgIpc) is 2.37. The highest BCUT2D eigenvalue weighted by molar-refractivity contribution is 8.00. The van der Waals surface area contributed by atoms with Crippen LogP contribution in [0, 0.1) is 0 Å². The Morgan fingerprint density at radius 3 is 2.83 bits per heavy atom. The van der Waals surface area contributed by atoms with Crippen molar-refractivity contribution in [1.82, 2.24) is 4.90 Å². The molecule has 1 saturated carbocycles. The summed E-state index contributed by atoms with van der Waals surface area (Å²) in [4.78, 5) is 24.4. The number of carbonyl (C=O) groups is 2. The molecule has 0 aromatic heterocycles. The van der Waals surface area contributed by atoms with Gasteiger partial charge in [0, 0.05) is 6.54 Å². The van der Waals surface area contributed by atoms with E-state index in [-0.39, 0.29) is 29.6 Å². The fourth-order valence-electron chi connectivity index (χ4n) is 2.71. The minimum Gasteiger partial charge on any atom is -0.481 e. The Kier molecular flexibility index (Phi) is 4.88. The average molecular weight is 273 g/mol. The third kappa shape index (κ3) is 3.38. The molecular formula is C12H19NO4S. The van der Waals surface area contributed by atoms with Crippen molar-refractivity contribution in [3.05, 3.63) is 0 Å². The Morgan fingerprint density at radius 1 is 1.28 bits per heavy atom. The van der Waals surface area contributed by atoms with Gasteiger partial charge in [-0.05, 0) is 12.8 Å². The fourth-order valence-corrected chi connectivity index (χ4v) is 3.33. The van der Waals surface area contributed by atoms with Crippen molar-refractivity contribution in [2.24, 2.45) is 0 Å². The number of fused-ring (bicyclic) bond motifs is 1. The lowest BCUT2D eigenvalue weighted by molar-refractivity contribution is -0.146. The van der Waals surface area contributed by atoms with E-state index in [0.717, 1.165) is 19.3 Å². The summed E-state index contributed by atoms with van der Waals surface area (Å²) in [7, 11) is 0. The van der Waals surface area contributed by atoms with Crippen LogP contribution in [0.4, 0.5) is 0 Å².